The molecule has 0 bridgehead atoms. The maximum absolute atomic E-state index is 12.1. The van der Waals surface area contributed by atoms with Gasteiger partial charge in [-0.3, -0.25) is 9.69 Å². The molecule has 1 aliphatic heterocycles. The van der Waals surface area contributed by atoms with Gasteiger partial charge in [-0.25, -0.2) is 0 Å². The molecule has 21 heavy (non-hydrogen) atoms. The molecular weight excluding hydrogens is 286 g/mol. The summed E-state index contributed by atoms with van der Waals surface area (Å²) in [6, 6.07) is 1.90. The Morgan fingerprint density at radius 2 is 2.19 bits per heavy atom. The van der Waals surface area contributed by atoms with E-state index in [0.717, 1.165) is 68.5 Å². The maximum atomic E-state index is 12.1. The Balaban J connectivity index is 1.42. The highest BCUT2D eigenvalue weighted by molar-refractivity contribution is 7.18. The van der Waals surface area contributed by atoms with Gasteiger partial charge >= 0.3 is 0 Å². The number of carbonyl (C=O) groups is 1. The van der Waals surface area contributed by atoms with Crippen LogP contribution in [0.5, 0.6) is 0 Å². The molecule has 0 aromatic carbocycles. The van der Waals surface area contributed by atoms with Crippen LogP contribution in [0, 0.1) is 5.92 Å². The average molecular weight is 309 g/mol. The van der Waals surface area contributed by atoms with Crippen molar-refractivity contribution in [2.24, 2.45) is 5.92 Å². The molecule has 0 atom stereocenters. The number of nitrogens with two attached hydrogens (primary N) is 1. The number of nitrogens with zero attached hydrogens (tertiary/aromatic N) is 1. The Morgan fingerprint density at radius 3 is 2.90 bits per heavy atom. The molecule has 1 aromatic heterocycles. The molecule has 2 fully saturated rings. The Labute approximate surface area is 129 Å². The summed E-state index contributed by atoms with van der Waals surface area (Å²) in [5, 5.41) is 4.40. The number of ether oxygens (including phenoxy) is 1. The molecule has 3 N–H and O–H groups in total. The Bertz CT molecular complexity index is 493. The third-order valence-corrected chi connectivity index (χ3v) is 5.11. The van der Waals surface area contributed by atoms with E-state index in [1.54, 1.807) is 0 Å². The van der Waals surface area contributed by atoms with Gasteiger partial charge in [0.05, 0.1) is 28.8 Å². The predicted molar refractivity (Wildman–Crippen MR) is 86.2 cm³/mol. The zero-order chi connectivity index (χ0) is 14.7. The van der Waals surface area contributed by atoms with Gasteiger partial charge in [0, 0.05) is 25.6 Å². The van der Waals surface area contributed by atoms with Crippen molar-refractivity contribution in [2.45, 2.75) is 19.3 Å². The number of thiophene rings is 1. The molecule has 116 valence electrons. The molecule has 0 spiro atoms. The number of Topliss-reactive ketones (excluding diaryl/α,β-unsaturated/α-hetero) is 1. The van der Waals surface area contributed by atoms with Gasteiger partial charge in [-0.05, 0) is 31.9 Å². The van der Waals surface area contributed by atoms with Crippen molar-refractivity contribution in [3.8, 4) is 0 Å². The van der Waals surface area contributed by atoms with E-state index in [2.05, 4.69) is 10.2 Å². The summed E-state index contributed by atoms with van der Waals surface area (Å²) in [4.78, 5) is 15.2. The van der Waals surface area contributed by atoms with Crippen LogP contribution >= 0.6 is 11.3 Å². The second-order valence-corrected chi connectivity index (χ2v) is 6.82. The first-order chi connectivity index (χ1) is 10.2. The quantitative estimate of drug-likeness (QED) is 0.596. The molecule has 0 unspecified atom stereocenters. The van der Waals surface area contributed by atoms with Gasteiger partial charge in [-0.15, -0.1) is 11.3 Å². The van der Waals surface area contributed by atoms with E-state index in [1.807, 2.05) is 6.07 Å². The number of carbonyl (C=O) groups excluding carboxylic acids is 1. The molecule has 1 aromatic rings. The van der Waals surface area contributed by atoms with E-state index in [4.69, 9.17) is 10.5 Å². The van der Waals surface area contributed by atoms with Crippen LogP contribution in [0.25, 0.3) is 0 Å². The fourth-order valence-corrected chi connectivity index (χ4v) is 3.58. The second-order valence-electron chi connectivity index (χ2n) is 5.77. The summed E-state index contributed by atoms with van der Waals surface area (Å²) < 4.78 is 5.34. The summed E-state index contributed by atoms with van der Waals surface area (Å²) in [5.41, 5.74) is 6.59. The van der Waals surface area contributed by atoms with Crippen LogP contribution in [0.1, 0.15) is 28.9 Å². The van der Waals surface area contributed by atoms with Gasteiger partial charge in [0.15, 0.2) is 5.78 Å². The van der Waals surface area contributed by atoms with Crippen LogP contribution in [-0.4, -0.2) is 50.1 Å². The largest absolute Gasteiger partial charge is 0.397 e. The van der Waals surface area contributed by atoms with Crippen molar-refractivity contribution < 1.29 is 9.53 Å². The number of morpholine rings is 1. The van der Waals surface area contributed by atoms with Crippen molar-refractivity contribution in [2.75, 3.05) is 50.4 Å². The average Bonchev–Trinajstić information content (AvgIpc) is 3.28. The lowest BCUT2D eigenvalue weighted by Gasteiger charge is -2.26. The lowest BCUT2D eigenvalue weighted by Crippen LogP contribution is -2.37. The number of anilines is 2. The molecule has 1 saturated heterocycles. The lowest BCUT2D eigenvalue weighted by atomic mass is 10.2. The van der Waals surface area contributed by atoms with Crippen LogP contribution in [-0.2, 0) is 4.74 Å². The molecule has 2 aliphatic rings. The SMILES string of the molecule is Nc1cc(NCCCN2CCOCC2)sc1C(=O)C1CC1. The van der Waals surface area contributed by atoms with Crippen molar-refractivity contribution in [1.29, 1.82) is 0 Å². The summed E-state index contributed by atoms with van der Waals surface area (Å²) >= 11 is 1.50. The highest BCUT2D eigenvalue weighted by atomic mass is 32.1. The van der Waals surface area contributed by atoms with Crippen molar-refractivity contribution in [3.63, 3.8) is 0 Å². The Hall–Kier alpha value is -1.11. The first kappa shape index (κ1) is 14.8. The minimum absolute atomic E-state index is 0.235. The molecule has 2 heterocycles. The minimum atomic E-state index is 0.235. The Kier molecular flexibility index (Phi) is 4.77. The zero-order valence-corrected chi connectivity index (χ0v) is 13.1. The van der Waals surface area contributed by atoms with Gasteiger partial charge < -0.3 is 15.8 Å². The normalized spacial score (nSPS) is 19.6. The van der Waals surface area contributed by atoms with Gasteiger partial charge in [0.1, 0.15) is 0 Å². The van der Waals surface area contributed by atoms with E-state index in [9.17, 15) is 4.79 Å². The topological polar surface area (TPSA) is 67.6 Å². The fraction of sp³-hybridized carbons (Fsp3) is 0.667. The Morgan fingerprint density at radius 1 is 1.43 bits per heavy atom. The molecule has 0 radical (unpaired) electrons. The van der Waals surface area contributed by atoms with Crippen LogP contribution < -0.4 is 11.1 Å². The summed E-state index contributed by atoms with van der Waals surface area (Å²) in [6.07, 6.45) is 3.14. The molecule has 6 heteroatoms. The smallest absolute Gasteiger partial charge is 0.178 e. The zero-order valence-electron chi connectivity index (χ0n) is 12.3. The third-order valence-electron chi connectivity index (χ3n) is 3.99. The summed E-state index contributed by atoms with van der Waals surface area (Å²) in [6.45, 7) is 5.76. The van der Waals surface area contributed by atoms with E-state index < -0.39 is 0 Å². The summed E-state index contributed by atoms with van der Waals surface area (Å²) in [5.74, 6) is 0.471. The summed E-state index contributed by atoms with van der Waals surface area (Å²) in [7, 11) is 0. The van der Waals surface area contributed by atoms with Gasteiger partial charge in [0.2, 0.25) is 0 Å². The molecule has 1 aliphatic carbocycles. The van der Waals surface area contributed by atoms with Crippen LogP contribution in [0.4, 0.5) is 10.7 Å². The van der Waals surface area contributed by atoms with E-state index >= 15 is 0 Å². The number of hydrogen-bond donors (Lipinski definition) is 2. The van der Waals surface area contributed by atoms with Gasteiger partial charge in [-0.1, -0.05) is 0 Å². The first-order valence-corrected chi connectivity index (χ1v) is 8.53. The maximum Gasteiger partial charge on any atom is 0.178 e. The number of nitrogens with one attached hydrogen (secondary N) is 1. The van der Waals surface area contributed by atoms with Gasteiger partial charge in [0.25, 0.3) is 0 Å². The number of hydrogen-bond acceptors (Lipinski definition) is 6. The standard InChI is InChI=1S/C15H23N3O2S/c16-12-10-13(21-15(12)14(19)11-2-3-11)17-4-1-5-18-6-8-20-9-7-18/h10-11,17H,1-9,16H2. The van der Waals surface area contributed by atoms with E-state index in [0.29, 0.717) is 5.69 Å². The van der Waals surface area contributed by atoms with Crippen LogP contribution in [0.2, 0.25) is 0 Å². The van der Waals surface area contributed by atoms with Crippen LogP contribution in [0.15, 0.2) is 6.07 Å². The van der Waals surface area contributed by atoms with Crippen molar-refractivity contribution in [1.82, 2.24) is 4.90 Å². The molecule has 5 nitrogen and oxygen atoms in total. The number of rotatable bonds is 7. The third kappa shape index (κ3) is 3.96. The first-order valence-electron chi connectivity index (χ1n) is 7.71. The van der Waals surface area contributed by atoms with E-state index in [-0.39, 0.29) is 11.7 Å². The van der Waals surface area contributed by atoms with Crippen molar-refractivity contribution >= 4 is 27.8 Å². The second kappa shape index (κ2) is 6.77. The molecule has 1 saturated carbocycles. The lowest BCUT2D eigenvalue weighted by molar-refractivity contribution is 0.0378. The molecule has 0 amide bonds. The fourth-order valence-electron chi connectivity index (χ4n) is 2.55. The monoisotopic (exact) mass is 309 g/mol. The number of ketones is 1. The van der Waals surface area contributed by atoms with Crippen LogP contribution in [0.3, 0.4) is 0 Å². The van der Waals surface area contributed by atoms with Gasteiger partial charge in [-0.2, -0.15) is 0 Å². The minimum Gasteiger partial charge on any atom is -0.397 e. The van der Waals surface area contributed by atoms with Crippen molar-refractivity contribution in [3.05, 3.63) is 10.9 Å². The highest BCUT2D eigenvalue weighted by Crippen LogP contribution is 2.38. The number of nitrogen functional groups attached to an aromatic ring is 1. The predicted octanol–water partition coefficient (Wildman–Crippen LogP) is 2.06. The van der Waals surface area contributed by atoms with E-state index in [1.165, 1.54) is 11.3 Å². The molecule has 3 rings (SSSR count). The molecular formula is C15H23N3O2S. The highest BCUT2D eigenvalue weighted by Gasteiger charge is 2.32.